The molecule has 0 fully saturated rings. The number of aryl methyl sites for hydroxylation is 1. The summed E-state index contributed by atoms with van der Waals surface area (Å²) in [6.07, 6.45) is 0. The van der Waals surface area contributed by atoms with Crippen LogP contribution in [0, 0.1) is 6.92 Å². The van der Waals surface area contributed by atoms with Crippen LogP contribution in [0.5, 0.6) is 5.75 Å². The van der Waals surface area contributed by atoms with Gasteiger partial charge in [-0.3, -0.25) is 4.79 Å². The smallest absolute Gasteiger partial charge is 0.255 e. The van der Waals surface area contributed by atoms with Crippen LogP contribution in [0.2, 0.25) is 0 Å². The topological polar surface area (TPSA) is 70.9 Å². The fourth-order valence-electron chi connectivity index (χ4n) is 2.04. The van der Waals surface area contributed by atoms with Crippen molar-refractivity contribution in [3.63, 3.8) is 0 Å². The normalized spacial score (nSPS) is 11.1. The second kappa shape index (κ2) is 6.76. The van der Waals surface area contributed by atoms with E-state index in [4.69, 9.17) is 9.94 Å². The summed E-state index contributed by atoms with van der Waals surface area (Å²) in [5.74, 6) is 0.443. The number of methoxy groups -OCH3 is 1. The molecule has 22 heavy (non-hydrogen) atoms. The minimum Gasteiger partial charge on any atom is -0.496 e. The third kappa shape index (κ3) is 3.44. The van der Waals surface area contributed by atoms with Crippen molar-refractivity contribution >= 4 is 17.3 Å². The number of carbonyl (C=O) groups is 1. The first kappa shape index (κ1) is 15.6. The van der Waals surface area contributed by atoms with Gasteiger partial charge in [0.15, 0.2) is 0 Å². The van der Waals surface area contributed by atoms with Gasteiger partial charge in [-0.1, -0.05) is 23.4 Å². The van der Waals surface area contributed by atoms with Crippen molar-refractivity contribution in [1.82, 2.24) is 0 Å². The Bertz CT molecular complexity index is 724. The average Bonchev–Trinajstić information content (AvgIpc) is 2.54. The maximum Gasteiger partial charge on any atom is 0.255 e. The lowest BCUT2D eigenvalue weighted by atomic mass is 10.1. The third-order valence-corrected chi connectivity index (χ3v) is 3.36. The van der Waals surface area contributed by atoms with Gasteiger partial charge in [-0.15, -0.1) is 0 Å². The number of rotatable bonds is 4. The molecule has 2 rings (SSSR count). The molecule has 2 aromatic carbocycles. The van der Waals surface area contributed by atoms with E-state index in [0.29, 0.717) is 22.7 Å². The van der Waals surface area contributed by atoms with Crippen molar-refractivity contribution in [3.8, 4) is 5.75 Å². The molecule has 5 nitrogen and oxygen atoms in total. The van der Waals surface area contributed by atoms with Gasteiger partial charge in [0, 0.05) is 16.8 Å². The van der Waals surface area contributed by atoms with Crippen LogP contribution in [0.25, 0.3) is 0 Å². The highest BCUT2D eigenvalue weighted by Gasteiger charge is 2.09. The molecule has 5 heteroatoms. The fraction of sp³-hybridized carbons (Fsp3) is 0.176. The van der Waals surface area contributed by atoms with E-state index in [1.165, 1.54) is 0 Å². The van der Waals surface area contributed by atoms with Gasteiger partial charge in [-0.25, -0.2) is 0 Å². The Balaban J connectivity index is 2.22. The lowest BCUT2D eigenvalue weighted by molar-refractivity contribution is 0.102. The Morgan fingerprint density at radius 3 is 2.64 bits per heavy atom. The van der Waals surface area contributed by atoms with Crippen molar-refractivity contribution in [2.75, 3.05) is 12.4 Å². The van der Waals surface area contributed by atoms with E-state index >= 15 is 0 Å². The molecule has 0 heterocycles. The van der Waals surface area contributed by atoms with Crippen molar-refractivity contribution < 1.29 is 14.7 Å². The molecule has 2 N–H and O–H groups in total. The maximum atomic E-state index is 12.3. The Hall–Kier alpha value is -2.82. The van der Waals surface area contributed by atoms with Crippen LogP contribution >= 0.6 is 0 Å². The van der Waals surface area contributed by atoms with E-state index < -0.39 is 0 Å². The first-order valence-electron chi connectivity index (χ1n) is 6.80. The summed E-state index contributed by atoms with van der Waals surface area (Å²) >= 11 is 0. The first-order chi connectivity index (χ1) is 10.5. The highest BCUT2D eigenvalue weighted by molar-refractivity contribution is 6.05. The standard InChI is InChI=1S/C17H18N2O3/c1-11-7-8-14(10-16(11)22-3)17(20)18-15-6-4-5-13(9-15)12(2)19-21/h4-10,21H,1-3H3,(H,18,20)/b19-12+. The Morgan fingerprint density at radius 2 is 1.95 bits per heavy atom. The minimum absolute atomic E-state index is 0.228. The molecule has 0 radical (unpaired) electrons. The van der Waals surface area contributed by atoms with Crippen molar-refractivity contribution in [3.05, 3.63) is 59.2 Å². The van der Waals surface area contributed by atoms with E-state index in [1.807, 2.05) is 13.0 Å². The number of hydrogen-bond acceptors (Lipinski definition) is 4. The molecular weight excluding hydrogens is 280 g/mol. The highest BCUT2D eigenvalue weighted by atomic mass is 16.5. The molecule has 0 bridgehead atoms. The molecule has 2 aromatic rings. The number of amides is 1. The van der Waals surface area contributed by atoms with Gasteiger partial charge in [-0.05, 0) is 43.7 Å². The van der Waals surface area contributed by atoms with Crippen molar-refractivity contribution in [1.29, 1.82) is 0 Å². The lowest BCUT2D eigenvalue weighted by Crippen LogP contribution is -2.12. The van der Waals surface area contributed by atoms with Crippen LogP contribution < -0.4 is 10.1 Å². The first-order valence-corrected chi connectivity index (χ1v) is 6.80. The number of anilines is 1. The molecule has 0 spiro atoms. The van der Waals surface area contributed by atoms with Crippen LogP contribution in [-0.4, -0.2) is 23.9 Å². The molecule has 0 aliphatic rings. The molecule has 114 valence electrons. The number of nitrogens with zero attached hydrogens (tertiary/aromatic N) is 1. The average molecular weight is 298 g/mol. The summed E-state index contributed by atoms with van der Waals surface area (Å²) < 4.78 is 5.23. The van der Waals surface area contributed by atoms with E-state index in [1.54, 1.807) is 50.4 Å². The van der Waals surface area contributed by atoms with Crippen LogP contribution in [-0.2, 0) is 0 Å². The molecule has 0 aromatic heterocycles. The van der Waals surface area contributed by atoms with Gasteiger partial charge in [0.05, 0.1) is 12.8 Å². The molecule has 0 saturated heterocycles. The van der Waals surface area contributed by atoms with Crippen LogP contribution in [0.4, 0.5) is 5.69 Å². The number of hydrogen-bond donors (Lipinski definition) is 2. The third-order valence-electron chi connectivity index (χ3n) is 3.36. The summed E-state index contributed by atoms with van der Waals surface area (Å²) in [7, 11) is 1.57. The maximum absolute atomic E-state index is 12.3. The largest absolute Gasteiger partial charge is 0.496 e. The van der Waals surface area contributed by atoms with E-state index in [0.717, 1.165) is 11.1 Å². The second-order valence-electron chi connectivity index (χ2n) is 4.90. The number of benzene rings is 2. The highest BCUT2D eigenvalue weighted by Crippen LogP contribution is 2.20. The molecule has 0 aliphatic carbocycles. The zero-order chi connectivity index (χ0) is 16.1. The predicted molar refractivity (Wildman–Crippen MR) is 86.1 cm³/mol. The number of carbonyl (C=O) groups excluding carboxylic acids is 1. The summed E-state index contributed by atoms with van der Waals surface area (Å²) in [5.41, 5.74) is 3.33. The predicted octanol–water partition coefficient (Wildman–Crippen LogP) is 3.45. The second-order valence-corrected chi connectivity index (χ2v) is 4.90. The van der Waals surface area contributed by atoms with Gasteiger partial charge in [0.25, 0.3) is 5.91 Å². The van der Waals surface area contributed by atoms with E-state index in [-0.39, 0.29) is 5.91 Å². The molecule has 0 aliphatic heterocycles. The quantitative estimate of drug-likeness (QED) is 0.516. The van der Waals surface area contributed by atoms with Crippen LogP contribution in [0.1, 0.15) is 28.4 Å². The van der Waals surface area contributed by atoms with Crippen molar-refractivity contribution in [2.24, 2.45) is 5.16 Å². The van der Waals surface area contributed by atoms with E-state index in [2.05, 4.69) is 10.5 Å². The number of ether oxygens (including phenoxy) is 1. The monoisotopic (exact) mass is 298 g/mol. The molecule has 0 atom stereocenters. The fourth-order valence-corrected chi connectivity index (χ4v) is 2.04. The van der Waals surface area contributed by atoms with Gasteiger partial charge >= 0.3 is 0 Å². The molecular formula is C17H18N2O3. The van der Waals surface area contributed by atoms with Crippen molar-refractivity contribution in [2.45, 2.75) is 13.8 Å². The summed E-state index contributed by atoms with van der Waals surface area (Å²) in [6, 6.07) is 12.4. The molecule has 0 saturated carbocycles. The van der Waals surface area contributed by atoms with E-state index in [9.17, 15) is 4.79 Å². The Kier molecular flexibility index (Phi) is 4.78. The molecule has 1 amide bonds. The van der Waals surface area contributed by atoms with Gasteiger partial charge < -0.3 is 15.3 Å². The Morgan fingerprint density at radius 1 is 1.18 bits per heavy atom. The van der Waals surface area contributed by atoms with Gasteiger partial charge in [-0.2, -0.15) is 0 Å². The summed E-state index contributed by atoms with van der Waals surface area (Å²) in [6.45, 7) is 3.60. The summed E-state index contributed by atoms with van der Waals surface area (Å²) in [4.78, 5) is 12.3. The van der Waals surface area contributed by atoms with Crippen LogP contribution in [0.3, 0.4) is 0 Å². The Labute approximate surface area is 129 Å². The summed E-state index contributed by atoms with van der Waals surface area (Å²) in [5, 5.41) is 14.8. The zero-order valence-electron chi connectivity index (χ0n) is 12.8. The van der Waals surface area contributed by atoms with Gasteiger partial charge in [0.2, 0.25) is 0 Å². The zero-order valence-corrected chi connectivity index (χ0v) is 12.8. The van der Waals surface area contributed by atoms with Gasteiger partial charge in [0.1, 0.15) is 5.75 Å². The molecule has 0 unspecified atom stereocenters. The van der Waals surface area contributed by atoms with Crippen LogP contribution in [0.15, 0.2) is 47.6 Å². The SMILES string of the molecule is COc1cc(C(=O)Nc2cccc(/C(C)=N/O)c2)ccc1C. The number of oxime groups is 1. The number of nitrogens with one attached hydrogen (secondary N) is 1. The minimum atomic E-state index is -0.228. The lowest BCUT2D eigenvalue weighted by Gasteiger charge is -2.09.